The number of halogens is 1. The van der Waals surface area contributed by atoms with Gasteiger partial charge in [0, 0.05) is 10.0 Å². The predicted molar refractivity (Wildman–Crippen MR) is 86.9 cm³/mol. The standard InChI is InChI=1S/C17H15BrO3/c1-11-4-3-5-13(8-11)15(19)7-6-12-9-17(21-2)16(20)10-14(12)18/h3-10,20H,1-2H3/b7-6+. The predicted octanol–water partition coefficient (Wildman–Crippen LogP) is 4.37. The maximum atomic E-state index is 12.1. The molecule has 21 heavy (non-hydrogen) atoms. The molecule has 0 bridgehead atoms. The monoisotopic (exact) mass is 346 g/mol. The SMILES string of the molecule is COc1cc(/C=C/C(=O)c2cccc(C)c2)c(Br)cc1O. The van der Waals surface area contributed by atoms with Gasteiger partial charge < -0.3 is 9.84 Å². The molecule has 0 fully saturated rings. The van der Waals surface area contributed by atoms with Crippen molar-refractivity contribution in [1.82, 2.24) is 0 Å². The zero-order chi connectivity index (χ0) is 15.4. The van der Waals surface area contributed by atoms with E-state index in [1.54, 1.807) is 18.2 Å². The van der Waals surface area contributed by atoms with E-state index < -0.39 is 0 Å². The number of phenolic OH excluding ortho intramolecular Hbond substituents is 1. The molecule has 0 atom stereocenters. The summed E-state index contributed by atoms with van der Waals surface area (Å²) in [4.78, 5) is 12.1. The van der Waals surface area contributed by atoms with Crippen molar-refractivity contribution >= 4 is 27.8 Å². The van der Waals surface area contributed by atoms with Crippen LogP contribution in [0.5, 0.6) is 11.5 Å². The first-order valence-corrected chi connectivity index (χ1v) is 7.16. The van der Waals surface area contributed by atoms with Gasteiger partial charge in [-0.3, -0.25) is 4.79 Å². The number of aromatic hydroxyl groups is 1. The van der Waals surface area contributed by atoms with Crippen molar-refractivity contribution in [3.05, 3.63) is 63.6 Å². The van der Waals surface area contributed by atoms with E-state index in [1.165, 1.54) is 19.3 Å². The van der Waals surface area contributed by atoms with Crippen LogP contribution in [0.2, 0.25) is 0 Å². The molecule has 4 heteroatoms. The number of ether oxygens (including phenoxy) is 1. The molecular formula is C17H15BrO3. The number of benzene rings is 2. The van der Waals surface area contributed by atoms with Gasteiger partial charge in [0.2, 0.25) is 0 Å². The largest absolute Gasteiger partial charge is 0.504 e. The van der Waals surface area contributed by atoms with E-state index in [0.717, 1.165) is 11.1 Å². The third-order valence-electron chi connectivity index (χ3n) is 3.02. The first-order valence-electron chi connectivity index (χ1n) is 6.37. The van der Waals surface area contributed by atoms with Crippen LogP contribution in [0.1, 0.15) is 21.5 Å². The second-order valence-corrected chi connectivity index (χ2v) is 5.47. The zero-order valence-corrected chi connectivity index (χ0v) is 13.3. The molecule has 0 saturated heterocycles. The van der Waals surface area contributed by atoms with Crippen molar-refractivity contribution in [2.75, 3.05) is 7.11 Å². The van der Waals surface area contributed by atoms with Gasteiger partial charge in [0.25, 0.3) is 0 Å². The van der Waals surface area contributed by atoms with E-state index in [2.05, 4.69) is 15.9 Å². The van der Waals surface area contributed by atoms with E-state index >= 15 is 0 Å². The van der Waals surface area contributed by atoms with Crippen molar-refractivity contribution in [1.29, 1.82) is 0 Å². The van der Waals surface area contributed by atoms with Crippen LogP contribution in [0.4, 0.5) is 0 Å². The molecule has 0 aromatic heterocycles. The summed E-state index contributed by atoms with van der Waals surface area (Å²) in [5.41, 5.74) is 2.44. The summed E-state index contributed by atoms with van der Waals surface area (Å²) < 4.78 is 5.75. The Morgan fingerprint density at radius 3 is 2.71 bits per heavy atom. The molecular weight excluding hydrogens is 332 g/mol. The van der Waals surface area contributed by atoms with Crippen LogP contribution in [0.25, 0.3) is 6.08 Å². The summed E-state index contributed by atoms with van der Waals surface area (Å²) in [5, 5.41) is 9.66. The van der Waals surface area contributed by atoms with E-state index in [0.29, 0.717) is 15.8 Å². The molecule has 108 valence electrons. The summed E-state index contributed by atoms with van der Waals surface area (Å²) >= 11 is 3.35. The van der Waals surface area contributed by atoms with Gasteiger partial charge in [-0.1, -0.05) is 39.7 Å². The normalized spacial score (nSPS) is 10.8. The van der Waals surface area contributed by atoms with Crippen molar-refractivity contribution in [3.63, 3.8) is 0 Å². The third-order valence-corrected chi connectivity index (χ3v) is 3.70. The van der Waals surface area contributed by atoms with Gasteiger partial charge in [-0.15, -0.1) is 0 Å². The lowest BCUT2D eigenvalue weighted by Gasteiger charge is -2.06. The van der Waals surface area contributed by atoms with Crippen LogP contribution in [-0.4, -0.2) is 18.0 Å². The molecule has 2 rings (SSSR count). The molecule has 0 aliphatic rings. The number of hydrogen-bond acceptors (Lipinski definition) is 3. The Balaban J connectivity index is 2.27. The van der Waals surface area contributed by atoms with Gasteiger partial charge >= 0.3 is 0 Å². The number of rotatable bonds is 4. The summed E-state index contributed by atoms with van der Waals surface area (Å²) in [6, 6.07) is 10.6. The molecule has 0 heterocycles. The Hall–Kier alpha value is -2.07. The van der Waals surface area contributed by atoms with Crippen LogP contribution < -0.4 is 4.74 Å². The molecule has 2 aromatic carbocycles. The minimum atomic E-state index is -0.0716. The van der Waals surface area contributed by atoms with Crippen molar-refractivity contribution in [3.8, 4) is 11.5 Å². The molecule has 3 nitrogen and oxygen atoms in total. The summed E-state index contributed by atoms with van der Waals surface area (Å²) in [7, 11) is 1.48. The summed E-state index contributed by atoms with van der Waals surface area (Å²) in [6.07, 6.45) is 3.20. The minimum absolute atomic E-state index is 0.0477. The summed E-state index contributed by atoms with van der Waals surface area (Å²) in [6.45, 7) is 1.95. The molecule has 0 amide bonds. The van der Waals surface area contributed by atoms with E-state index in [-0.39, 0.29) is 11.5 Å². The Kier molecular flexibility index (Phi) is 4.81. The fourth-order valence-electron chi connectivity index (χ4n) is 1.91. The molecule has 1 N–H and O–H groups in total. The highest BCUT2D eigenvalue weighted by molar-refractivity contribution is 9.10. The number of allylic oxidation sites excluding steroid dienone is 1. The minimum Gasteiger partial charge on any atom is -0.504 e. The van der Waals surface area contributed by atoms with Crippen molar-refractivity contribution in [2.45, 2.75) is 6.92 Å². The zero-order valence-electron chi connectivity index (χ0n) is 11.8. The number of aryl methyl sites for hydroxylation is 1. The third kappa shape index (κ3) is 3.73. The number of phenols is 1. The van der Waals surface area contributed by atoms with Crippen LogP contribution in [0, 0.1) is 6.92 Å². The quantitative estimate of drug-likeness (QED) is 0.660. The Morgan fingerprint density at radius 2 is 2.05 bits per heavy atom. The Morgan fingerprint density at radius 1 is 1.29 bits per heavy atom. The molecule has 0 aliphatic carbocycles. The van der Waals surface area contributed by atoms with E-state index in [9.17, 15) is 9.90 Å². The first-order chi connectivity index (χ1) is 10.0. The molecule has 0 unspecified atom stereocenters. The molecule has 0 radical (unpaired) electrons. The number of hydrogen-bond donors (Lipinski definition) is 1. The highest BCUT2D eigenvalue weighted by Gasteiger charge is 2.07. The van der Waals surface area contributed by atoms with Crippen molar-refractivity contribution < 1.29 is 14.6 Å². The van der Waals surface area contributed by atoms with Crippen LogP contribution in [0.15, 0.2) is 46.9 Å². The Labute approximate surface area is 132 Å². The first kappa shape index (κ1) is 15.3. The number of methoxy groups -OCH3 is 1. The fraction of sp³-hybridized carbons (Fsp3) is 0.118. The van der Waals surface area contributed by atoms with Crippen molar-refractivity contribution in [2.24, 2.45) is 0 Å². The number of carbonyl (C=O) groups is 1. The lowest BCUT2D eigenvalue weighted by atomic mass is 10.1. The average Bonchev–Trinajstić information content (AvgIpc) is 2.46. The van der Waals surface area contributed by atoms with Gasteiger partial charge in [0.05, 0.1) is 7.11 Å². The molecule has 0 spiro atoms. The maximum absolute atomic E-state index is 12.1. The van der Waals surface area contributed by atoms with Gasteiger partial charge in [0.1, 0.15) is 0 Å². The van der Waals surface area contributed by atoms with E-state index in [4.69, 9.17) is 4.74 Å². The Bertz CT molecular complexity index is 705. The van der Waals surface area contributed by atoms with Gasteiger partial charge in [-0.05, 0) is 42.8 Å². The second kappa shape index (κ2) is 6.59. The van der Waals surface area contributed by atoms with Crippen LogP contribution in [-0.2, 0) is 0 Å². The number of ketones is 1. The van der Waals surface area contributed by atoms with Crippen LogP contribution in [0.3, 0.4) is 0 Å². The highest BCUT2D eigenvalue weighted by Crippen LogP contribution is 2.33. The smallest absolute Gasteiger partial charge is 0.185 e. The average molecular weight is 347 g/mol. The van der Waals surface area contributed by atoms with Crippen LogP contribution >= 0.6 is 15.9 Å². The van der Waals surface area contributed by atoms with Gasteiger partial charge in [-0.25, -0.2) is 0 Å². The highest BCUT2D eigenvalue weighted by atomic mass is 79.9. The molecule has 0 saturated carbocycles. The maximum Gasteiger partial charge on any atom is 0.185 e. The van der Waals surface area contributed by atoms with E-state index in [1.807, 2.05) is 25.1 Å². The fourth-order valence-corrected chi connectivity index (χ4v) is 2.37. The molecule has 2 aromatic rings. The summed E-state index contributed by atoms with van der Waals surface area (Å²) in [5.74, 6) is 0.338. The second-order valence-electron chi connectivity index (χ2n) is 4.61. The van der Waals surface area contributed by atoms with Gasteiger partial charge in [0.15, 0.2) is 17.3 Å². The number of carbonyl (C=O) groups excluding carboxylic acids is 1. The lowest BCUT2D eigenvalue weighted by Crippen LogP contribution is -1.94. The van der Waals surface area contributed by atoms with Gasteiger partial charge in [-0.2, -0.15) is 0 Å². The molecule has 0 aliphatic heterocycles. The lowest BCUT2D eigenvalue weighted by molar-refractivity contribution is 0.104. The topological polar surface area (TPSA) is 46.5 Å².